The van der Waals surface area contributed by atoms with Crippen molar-refractivity contribution in [2.24, 2.45) is 5.92 Å². The van der Waals surface area contributed by atoms with Crippen LogP contribution < -0.4 is 10.2 Å². The van der Waals surface area contributed by atoms with E-state index in [-0.39, 0.29) is 12.6 Å². The van der Waals surface area contributed by atoms with Crippen molar-refractivity contribution in [1.29, 1.82) is 0 Å². The summed E-state index contributed by atoms with van der Waals surface area (Å²) in [7, 11) is 3.78. The van der Waals surface area contributed by atoms with Crippen LogP contribution in [-0.4, -0.2) is 54.2 Å². The molecule has 2 rings (SSSR count). The Morgan fingerprint density at radius 3 is 2.81 bits per heavy atom. The summed E-state index contributed by atoms with van der Waals surface area (Å²) in [6.07, 6.45) is 2.11. The number of carboxylic acids is 1. The number of aliphatic carboxylic acids is 1. The molecule has 1 aromatic rings. The summed E-state index contributed by atoms with van der Waals surface area (Å²) in [5, 5.41) is 11.7. The lowest BCUT2D eigenvalue weighted by Gasteiger charge is -2.18. The summed E-state index contributed by atoms with van der Waals surface area (Å²) in [6, 6.07) is 1.44. The minimum atomic E-state index is -0.859. The molecule has 0 radical (unpaired) electrons. The minimum Gasteiger partial charge on any atom is -0.481 e. The molecule has 1 aliphatic rings. The van der Waals surface area contributed by atoms with Crippen molar-refractivity contribution >= 4 is 39.4 Å². The normalized spacial score (nSPS) is 17.7. The highest BCUT2D eigenvalue weighted by atomic mass is 79.9. The molecule has 2 heterocycles. The molecule has 2 amide bonds. The van der Waals surface area contributed by atoms with Gasteiger partial charge in [0.25, 0.3) is 0 Å². The number of aromatic nitrogens is 1. The number of amides is 2. The first kappa shape index (κ1) is 15.6. The maximum absolute atomic E-state index is 12.1. The van der Waals surface area contributed by atoms with E-state index in [9.17, 15) is 9.59 Å². The van der Waals surface area contributed by atoms with Crippen molar-refractivity contribution in [3.63, 3.8) is 0 Å². The number of likely N-dealkylation sites (tertiary alicyclic amines) is 1. The average Bonchev–Trinajstić information content (AvgIpc) is 2.90. The summed E-state index contributed by atoms with van der Waals surface area (Å²) in [5.41, 5.74) is 0.894. The second kappa shape index (κ2) is 6.30. The number of carbonyl (C=O) groups excluding carboxylic acids is 1. The largest absolute Gasteiger partial charge is 0.481 e. The molecule has 1 saturated heterocycles. The lowest BCUT2D eigenvalue weighted by atomic mass is 10.1. The van der Waals surface area contributed by atoms with Gasteiger partial charge in [-0.05, 0) is 22.4 Å². The van der Waals surface area contributed by atoms with E-state index in [0.29, 0.717) is 18.8 Å². The third-order valence-electron chi connectivity index (χ3n) is 3.38. The van der Waals surface area contributed by atoms with Gasteiger partial charge in [-0.25, -0.2) is 9.78 Å². The van der Waals surface area contributed by atoms with E-state index in [2.05, 4.69) is 26.2 Å². The molecule has 0 aliphatic carbocycles. The number of halogens is 1. The number of anilines is 2. The second-order valence-electron chi connectivity index (χ2n) is 5.12. The van der Waals surface area contributed by atoms with Gasteiger partial charge in [0.1, 0.15) is 5.82 Å². The van der Waals surface area contributed by atoms with Crippen LogP contribution in [0.5, 0.6) is 0 Å². The summed E-state index contributed by atoms with van der Waals surface area (Å²) in [6.45, 7) is 0.679. The first-order chi connectivity index (χ1) is 9.88. The van der Waals surface area contributed by atoms with E-state index >= 15 is 0 Å². The number of urea groups is 1. The van der Waals surface area contributed by atoms with Gasteiger partial charge < -0.3 is 14.9 Å². The van der Waals surface area contributed by atoms with E-state index in [0.717, 1.165) is 10.2 Å². The summed E-state index contributed by atoms with van der Waals surface area (Å²) >= 11 is 3.39. The molecule has 1 unspecified atom stereocenters. The highest BCUT2D eigenvalue weighted by molar-refractivity contribution is 9.10. The molecule has 0 saturated carbocycles. The molecule has 21 heavy (non-hydrogen) atoms. The van der Waals surface area contributed by atoms with Crippen LogP contribution in [-0.2, 0) is 4.79 Å². The zero-order chi connectivity index (χ0) is 15.6. The van der Waals surface area contributed by atoms with Crippen molar-refractivity contribution in [2.75, 3.05) is 37.4 Å². The first-order valence-electron chi connectivity index (χ1n) is 6.50. The fraction of sp³-hybridized carbons (Fsp3) is 0.462. The molecule has 1 atom stereocenters. The molecule has 0 bridgehead atoms. The zero-order valence-corrected chi connectivity index (χ0v) is 13.4. The van der Waals surface area contributed by atoms with Crippen molar-refractivity contribution in [2.45, 2.75) is 6.42 Å². The second-order valence-corrected chi connectivity index (χ2v) is 5.97. The van der Waals surface area contributed by atoms with Gasteiger partial charge in [-0.3, -0.25) is 10.1 Å². The van der Waals surface area contributed by atoms with Crippen molar-refractivity contribution < 1.29 is 14.7 Å². The van der Waals surface area contributed by atoms with Gasteiger partial charge in [-0.1, -0.05) is 0 Å². The number of carboxylic acid groups (broad SMARTS) is 1. The summed E-state index contributed by atoms with van der Waals surface area (Å²) < 4.78 is 0.831. The van der Waals surface area contributed by atoms with E-state index in [1.165, 1.54) is 4.90 Å². The van der Waals surface area contributed by atoms with E-state index in [1.54, 1.807) is 12.3 Å². The van der Waals surface area contributed by atoms with Gasteiger partial charge in [0.05, 0.1) is 16.1 Å². The van der Waals surface area contributed by atoms with Gasteiger partial charge in [0.15, 0.2) is 0 Å². The Kier molecular flexibility index (Phi) is 4.66. The molecule has 7 nitrogen and oxygen atoms in total. The predicted octanol–water partition coefficient (Wildman–Crippen LogP) is 1.85. The maximum Gasteiger partial charge on any atom is 0.323 e. The van der Waals surface area contributed by atoms with E-state index < -0.39 is 11.9 Å². The highest BCUT2D eigenvalue weighted by Crippen LogP contribution is 2.26. The van der Waals surface area contributed by atoms with E-state index in [4.69, 9.17) is 5.11 Å². The standard InChI is InChI=1S/C13H17BrN4O3/c1-17(2)10-5-11(15-6-9(10)14)16-13(21)18-4-3-8(7-18)12(19)20/h5-6,8H,3-4,7H2,1-2H3,(H,19,20)(H,15,16,21). The molecule has 8 heteroatoms. The molecule has 2 N–H and O–H groups in total. The first-order valence-corrected chi connectivity index (χ1v) is 7.29. The van der Waals surface area contributed by atoms with Gasteiger partial charge in [-0.15, -0.1) is 0 Å². The third-order valence-corrected chi connectivity index (χ3v) is 3.99. The van der Waals surface area contributed by atoms with Gasteiger partial charge in [-0.2, -0.15) is 0 Å². The topological polar surface area (TPSA) is 85.8 Å². The number of nitrogens with one attached hydrogen (secondary N) is 1. The SMILES string of the molecule is CN(C)c1cc(NC(=O)N2CCC(C(=O)O)C2)ncc1Br. The van der Waals surface area contributed by atoms with Crippen LogP contribution in [0.15, 0.2) is 16.7 Å². The third kappa shape index (κ3) is 3.63. The fourth-order valence-corrected chi connectivity index (χ4v) is 2.75. The summed E-state index contributed by atoms with van der Waals surface area (Å²) in [5.74, 6) is -0.904. The molecule has 0 aromatic carbocycles. The van der Waals surface area contributed by atoms with Crippen molar-refractivity contribution in [1.82, 2.24) is 9.88 Å². The van der Waals surface area contributed by atoms with Crippen LogP contribution in [0.25, 0.3) is 0 Å². The van der Waals surface area contributed by atoms with Gasteiger partial charge in [0, 0.05) is 39.4 Å². The molecular formula is C13H17BrN4O3. The number of hydrogen-bond donors (Lipinski definition) is 2. The Hall–Kier alpha value is -1.83. The van der Waals surface area contributed by atoms with Crippen molar-refractivity contribution in [3.05, 3.63) is 16.7 Å². The van der Waals surface area contributed by atoms with Gasteiger partial charge in [0.2, 0.25) is 0 Å². The lowest BCUT2D eigenvalue weighted by molar-refractivity contribution is -0.141. The number of pyridine rings is 1. The molecule has 0 spiro atoms. The smallest absolute Gasteiger partial charge is 0.323 e. The molecule has 1 aliphatic heterocycles. The number of hydrogen-bond acceptors (Lipinski definition) is 4. The Morgan fingerprint density at radius 1 is 1.52 bits per heavy atom. The minimum absolute atomic E-state index is 0.234. The number of carbonyl (C=O) groups is 2. The zero-order valence-electron chi connectivity index (χ0n) is 11.8. The highest BCUT2D eigenvalue weighted by Gasteiger charge is 2.31. The number of rotatable bonds is 3. The predicted molar refractivity (Wildman–Crippen MR) is 82.6 cm³/mol. The Balaban J connectivity index is 2.03. The molecule has 114 valence electrons. The summed E-state index contributed by atoms with van der Waals surface area (Å²) in [4.78, 5) is 30.5. The van der Waals surface area contributed by atoms with Gasteiger partial charge >= 0.3 is 12.0 Å². The van der Waals surface area contributed by atoms with Crippen LogP contribution in [0.3, 0.4) is 0 Å². The molecule has 1 aromatic heterocycles. The van der Waals surface area contributed by atoms with Crippen LogP contribution in [0.1, 0.15) is 6.42 Å². The monoisotopic (exact) mass is 356 g/mol. The Labute approximate surface area is 131 Å². The maximum atomic E-state index is 12.1. The molecule has 1 fully saturated rings. The Bertz CT molecular complexity index is 564. The number of nitrogens with zero attached hydrogens (tertiary/aromatic N) is 3. The van der Waals surface area contributed by atoms with Crippen LogP contribution in [0, 0.1) is 5.92 Å². The lowest BCUT2D eigenvalue weighted by Crippen LogP contribution is -2.34. The van der Waals surface area contributed by atoms with Crippen LogP contribution >= 0.6 is 15.9 Å². The fourth-order valence-electron chi connectivity index (χ4n) is 2.17. The quantitative estimate of drug-likeness (QED) is 0.862. The molecular weight excluding hydrogens is 340 g/mol. The van der Waals surface area contributed by atoms with Crippen LogP contribution in [0.2, 0.25) is 0 Å². The average molecular weight is 357 g/mol. The van der Waals surface area contributed by atoms with E-state index in [1.807, 2.05) is 19.0 Å². The van der Waals surface area contributed by atoms with Crippen molar-refractivity contribution in [3.8, 4) is 0 Å². The Morgan fingerprint density at radius 2 is 2.24 bits per heavy atom. The van der Waals surface area contributed by atoms with Crippen LogP contribution in [0.4, 0.5) is 16.3 Å².